The standard InChI is InChI=1S/C19H19NO4/c1-3-9-20-16(13-7-4-6-12(2)11-13)15(18(22)19(20)23)17(21)14-8-5-10-24-14/h4-8,10-11,16,22H,3,9H2,1-2H3. The third-order valence-corrected chi connectivity index (χ3v) is 4.12. The monoisotopic (exact) mass is 325 g/mol. The number of Topliss-reactive ketones (excluding diaryl/α,β-unsaturated/α-hetero) is 1. The van der Waals surface area contributed by atoms with Crippen LogP contribution in [-0.4, -0.2) is 28.2 Å². The zero-order valence-electron chi connectivity index (χ0n) is 13.7. The molecule has 5 heteroatoms. The largest absolute Gasteiger partial charge is 0.503 e. The Morgan fingerprint density at radius 3 is 2.71 bits per heavy atom. The van der Waals surface area contributed by atoms with Crippen LogP contribution in [0.3, 0.4) is 0 Å². The molecule has 1 aromatic heterocycles. The molecule has 1 N–H and O–H groups in total. The van der Waals surface area contributed by atoms with Gasteiger partial charge in [0.1, 0.15) is 0 Å². The first-order valence-electron chi connectivity index (χ1n) is 7.93. The predicted octanol–water partition coefficient (Wildman–Crippen LogP) is 3.58. The Hall–Kier alpha value is -2.82. The van der Waals surface area contributed by atoms with E-state index in [9.17, 15) is 14.7 Å². The average molecular weight is 325 g/mol. The van der Waals surface area contributed by atoms with Crippen molar-refractivity contribution in [3.8, 4) is 0 Å². The lowest BCUT2D eigenvalue weighted by Crippen LogP contribution is -2.31. The number of rotatable bonds is 5. The van der Waals surface area contributed by atoms with Gasteiger partial charge in [-0.3, -0.25) is 9.59 Å². The SMILES string of the molecule is CCCN1C(=O)C(O)=C(C(=O)c2ccco2)C1c1cccc(C)c1. The van der Waals surface area contributed by atoms with E-state index >= 15 is 0 Å². The van der Waals surface area contributed by atoms with E-state index in [0.717, 1.165) is 17.5 Å². The smallest absolute Gasteiger partial charge is 0.290 e. The van der Waals surface area contributed by atoms with Crippen LogP contribution in [0.1, 0.15) is 41.1 Å². The van der Waals surface area contributed by atoms with E-state index < -0.39 is 23.5 Å². The molecule has 1 amide bonds. The van der Waals surface area contributed by atoms with Gasteiger partial charge in [-0.1, -0.05) is 36.8 Å². The molecule has 0 saturated carbocycles. The number of nitrogens with zero attached hydrogens (tertiary/aromatic N) is 1. The quantitative estimate of drug-likeness (QED) is 0.853. The van der Waals surface area contributed by atoms with Crippen molar-refractivity contribution in [1.29, 1.82) is 0 Å². The van der Waals surface area contributed by atoms with Crippen LogP contribution in [0.5, 0.6) is 0 Å². The molecular formula is C19H19NO4. The van der Waals surface area contributed by atoms with Crippen molar-refractivity contribution < 1.29 is 19.1 Å². The van der Waals surface area contributed by atoms with Crippen molar-refractivity contribution in [2.45, 2.75) is 26.3 Å². The van der Waals surface area contributed by atoms with Crippen LogP contribution in [0, 0.1) is 6.92 Å². The average Bonchev–Trinajstić information content (AvgIpc) is 3.17. The number of carbonyl (C=O) groups is 2. The van der Waals surface area contributed by atoms with Crippen LogP contribution in [0.25, 0.3) is 0 Å². The molecule has 1 aliphatic heterocycles. The van der Waals surface area contributed by atoms with Gasteiger partial charge in [-0.2, -0.15) is 0 Å². The maximum Gasteiger partial charge on any atom is 0.290 e. The third kappa shape index (κ3) is 2.62. The van der Waals surface area contributed by atoms with Gasteiger partial charge in [-0.05, 0) is 31.0 Å². The number of ketones is 1. The van der Waals surface area contributed by atoms with Gasteiger partial charge < -0.3 is 14.4 Å². The zero-order chi connectivity index (χ0) is 17.3. The minimum atomic E-state index is -0.602. The molecule has 0 bridgehead atoms. The van der Waals surface area contributed by atoms with Crippen molar-refractivity contribution in [2.75, 3.05) is 6.54 Å². The number of hydrogen-bond acceptors (Lipinski definition) is 4. The predicted molar refractivity (Wildman–Crippen MR) is 88.6 cm³/mol. The maximum atomic E-state index is 12.8. The molecule has 124 valence electrons. The highest BCUT2D eigenvalue weighted by molar-refractivity contribution is 6.15. The number of aliphatic hydroxyl groups is 1. The van der Waals surface area contributed by atoms with E-state index in [1.807, 2.05) is 38.1 Å². The number of furan rings is 1. The number of benzene rings is 1. The molecule has 1 aromatic carbocycles. The van der Waals surface area contributed by atoms with E-state index in [0.29, 0.717) is 6.54 Å². The Labute approximate surface area is 140 Å². The highest BCUT2D eigenvalue weighted by Gasteiger charge is 2.43. The second kappa shape index (κ2) is 6.35. The Balaban J connectivity index is 2.12. The summed E-state index contributed by atoms with van der Waals surface area (Å²) < 4.78 is 5.17. The van der Waals surface area contributed by atoms with Gasteiger partial charge >= 0.3 is 0 Å². The Bertz CT molecular complexity index is 805. The van der Waals surface area contributed by atoms with Gasteiger partial charge in [-0.15, -0.1) is 0 Å². The first-order valence-corrected chi connectivity index (χ1v) is 7.93. The van der Waals surface area contributed by atoms with Crippen molar-refractivity contribution in [3.63, 3.8) is 0 Å². The van der Waals surface area contributed by atoms with E-state index in [1.165, 1.54) is 12.3 Å². The summed E-state index contributed by atoms with van der Waals surface area (Å²) in [6, 6.07) is 10.1. The van der Waals surface area contributed by atoms with Gasteiger partial charge in [0.25, 0.3) is 5.91 Å². The number of hydrogen-bond donors (Lipinski definition) is 1. The summed E-state index contributed by atoms with van der Waals surface area (Å²) in [5, 5.41) is 10.4. The highest BCUT2D eigenvalue weighted by Crippen LogP contribution is 2.39. The summed E-state index contributed by atoms with van der Waals surface area (Å²) in [7, 11) is 0. The summed E-state index contributed by atoms with van der Waals surface area (Å²) in [5.41, 5.74) is 1.90. The third-order valence-electron chi connectivity index (χ3n) is 4.12. The normalized spacial score (nSPS) is 17.7. The van der Waals surface area contributed by atoms with Crippen LogP contribution in [0.15, 0.2) is 58.4 Å². The molecule has 1 atom stereocenters. The van der Waals surface area contributed by atoms with Gasteiger partial charge in [0.2, 0.25) is 5.78 Å². The van der Waals surface area contributed by atoms with E-state index in [-0.39, 0.29) is 11.3 Å². The van der Waals surface area contributed by atoms with Crippen LogP contribution >= 0.6 is 0 Å². The van der Waals surface area contributed by atoms with E-state index in [1.54, 1.807) is 11.0 Å². The summed E-state index contributed by atoms with van der Waals surface area (Å²) >= 11 is 0. The molecule has 2 aromatic rings. The zero-order valence-corrected chi connectivity index (χ0v) is 13.7. The maximum absolute atomic E-state index is 12.8. The lowest BCUT2D eigenvalue weighted by Gasteiger charge is -2.26. The van der Waals surface area contributed by atoms with Crippen molar-refractivity contribution >= 4 is 11.7 Å². The summed E-state index contributed by atoms with van der Waals surface area (Å²) in [6.07, 6.45) is 2.12. The molecule has 5 nitrogen and oxygen atoms in total. The number of aryl methyl sites for hydroxylation is 1. The van der Waals surface area contributed by atoms with Gasteiger partial charge in [-0.25, -0.2) is 0 Å². The minimum absolute atomic E-state index is 0.0778. The summed E-state index contributed by atoms with van der Waals surface area (Å²) in [5.74, 6) is -1.36. The van der Waals surface area contributed by atoms with E-state index in [2.05, 4.69) is 0 Å². The fourth-order valence-corrected chi connectivity index (χ4v) is 3.08. The van der Waals surface area contributed by atoms with Crippen molar-refractivity contribution in [3.05, 3.63) is 70.9 Å². The molecule has 24 heavy (non-hydrogen) atoms. The molecule has 0 aliphatic carbocycles. The van der Waals surface area contributed by atoms with Crippen LogP contribution in [-0.2, 0) is 4.79 Å². The van der Waals surface area contributed by atoms with Crippen LogP contribution in [0.2, 0.25) is 0 Å². The van der Waals surface area contributed by atoms with Gasteiger partial charge in [0.05, 0.1) is 17.9 Å². The Morgan fingerprint density at radius 1 is 1.29 bits per heavy atom. The fraction of sp³-hybridized carbons (Fsp3) is 0.263. The number of carbonyl (C=O) groups excluding carboxylic acids is 2. The fourth-order valence-electron chi connectivity index (χ4n) is 3.08. The lowest BCUT2D eigenvalue weighted by atomic mass is 9.94. The lowest BCUT2D eigenvalue weighted by molar-refractivity contribution is -0.129. The molecule has 1 aliphatic rings. The second-order valence-corrected chi connectivity index (χ2v) is 5.88. The first kappa shape index (κ1) is 16.1. The Kier molecular flexibility index (Phi) is 4.25. The van der Waals surface area contributed by atoms with Gasteiger partial charge in [0.15, 0.2) is 11.5 Å². The second-order valence-electron chi connectivity index (χ2n) is 5.88. The van der Waals surface area contributed by atoms with Crippen LogP contribution < -0.4 is 0 Å². The topological polar surface area (TPSA) is 70.8 Å². The van der Waals surface area contributed by atoms with Gasteiger partial charge in [0, 0.05) is 6.54 Å². The molecule has 2 heterocycles. The number of aliphatic hydroxyl groups excluding tert-OH is 1. The van der Waals surface area contributed by atoms with Crippen molar-refractivity contribution in [1.82, 2.24) is 4.90 Å². The van der Waals surface area contributed by atoms with Crippen molar-refractivity contribution in [2.24, 2.45) is 0 Å². The first-order chi connectivity index (χ1) is 11.5. The molecule has 0 radical (unpaired) electrons. The molecule has 0 fully saturated rings. The Morgan fingerprint density at radius 2 is 2.08 bits per heavy atom. The molecule has 1 unspecified atom stereocenters. The van der Waals surface area contributed by atoms with E-state index in [4.69, 9.17) is 4.42 Å². The molecular weight excluding hydrogens is 306 g/mol. The molecule has 3 rings (SSSR count). The summed E-state index contributed by atoms with van der Waals surface area (Å²) in [4.78, 5) is 26.8. The molecule has 0 saturated heterocycles. The summed E-state index contributed by atoms with van der Waals surface area (Å²) in [6.45, 7) is 4.35. The van der Waals surface area contributed by atoms with Crippen LogP contribution in [0.4, 0.5) is 0 Å². The molecule has 0 spiro atoms. The minimum Gasteiger partial charge on any atom is -0.503 e. The highest BCUT2D eigenvalue weighted by atomic mass is 16.3. The number of amides is 1.